The van der Waals surface area contributed by atoms with Gasteiger partial charge in [0.15, 0.2) is 10.4 Å². The summed E-state index contributed by atoms with van der Waals surface area (Å²) >= 11 is 3.13. The number of aryl methyl sites for hydroxylation is 1. The van der Waals surface area contributed by atoms with Crippen molar-refractivity contribution in [3.8, 4) is 0 Å². The van der Waals surface area contributed by atoms with Crippen LogP contribution in [0.3, 0.4) is 0 Å². The molecule has 5 nitrogen and oxygen atoms in total. The van der Waals surface area contributed by atoms with Crippen molar-refractivity contribution in [2.75, 3.05) is 7.05 Å². The lowest BCUT2D eigenvalue weighted by atomic mass is 10.0. The van der Waals surface area contributed by atoms with E-state index >= 15 is 0 Å². The molecule has 0 radical (unpaired) electrons. The third-order valence-corrected chi connectivity index (χ3v) is 3.14. The Morgan fingerprint density at radius 1 is 1.47 bits per heavy atom. The Morgan fingerprint density at radius 3 is 2.35 bits per heavy atom. The summed E-state index contributed by atoms with van der Waals surface area (Å²) in [5.41, 5.74) is -0.627. The summed E-state index contributed by atoms with van der Waals surface area (Å²) < 4.78 is 5.65. The lowest BCUT2D eigenvalue weighted by molar-refractivity contribution is -0.147. The number of carboxylic acid groups (broad SMARTS) is 1. The Bertz CT molecular complexity index is 464. The van der Waals surface area contributed by atoms with Crippen molar-refractivity contribution in [1.29, 1.82) is 0 Å². The molecule has 1 aromatic rings. The van der Waals surface area contributed by atoms with E-state index in [4.69, 9.17) is 9.52 Å². The van der Waals surface area contributed by atoms with Gasteiger partial charge in [-0.2, -0.15) is 0 Å². The number of hydrogen-bond donors (Lipinski definition) is 1. The maximum absolute atomic E-state index is 12.1. The Kier molecular flexibility index (Phi) is 3.66. The molecule has 0 bridgehead atoms. The van der Waals surface area contributed by atoms with E-state index in [-0.39, 0.29) is 5.76 Å². The predicted molar refractivity (Wildman–Crippen MR) is 65.0 cm³/mol. The Hall–Kier alpha value is -1.30. The largest absolute Gasteiger partial charge is 0.480 e. The van der Waals surface area contributed by atoms with Gasteiger partial charge in [0.25, 0.3) is 5.91 Å². The molecule has 0 atom stereocenters. The molecule has 0 spiro atoms. The average molecular weight is 304 g/mol. The summed E-state index contributed by atoms with van der Waals surface area (Å²) in [6, 6.07) is 1.66. The first-order valence-electron chi connectivity index (χ1n) is 4.95. The van der Waals surface area contributed by atoms with Gasteiger partial charge >= 0.3 is 5.97 Å². The molecule has 1 amide bonds. The summed E-state index contributed by atoms with van der Waals surface area (Å²) in [5.74, 6) is -1.38. The van der Waals surface area contributed by atoms with Gasteiger partial charge in [0, 0.05) is 12.6 Å². The quantitative estimate of drug-likeness (QED) is 0.930. The number of halogens is 1. The van der Waals surface area contributed by atoms with E-state index in [1.165, 1.54) is 20.9 Å². The fourth-order valence-electron chi connectivity index (χ4n) is 1.21. The number of amides is 1. The van der Waals surface area contributed by atoms with Crippen molar-refractivity contribution >= 4 is 27.8 Å². The lowest BCUT2D eigenvalue weighted by Gasteiger charge is -2.30. The van der Waals surface area contributed by atoms with Crippen LogP contribution in [0.2, 0.25) is 0 Å². The van der Waals surface area contributed by atoms with Crippen LogP contribution < -0.4 is 0 Å². The van der Waals surface area contributed by atoms with Gasteiger partial charge in [-0.05, 0) is 42.8 Å². The van der Waals surface area contributed by atoms with Crippen LogP contribution in [0.25, 0.3) is 0 Å². The monoisotopic (exact) mass is 303 g/mol. The number of aliphatic carboxylic acids is 1. The van der Waals surface area contributed by atoms with E-state index in [2.05, 4.69) is 15.9 Å². The fraction of sp³-hybridized carbons (Fsp3) is 0.455. The fourth-order valence-corrected chi connectivity index (χ4v) is 1.71. The molecule has 0 saturated carbocycles. The molecule has 0 aliphatic carbocycles. The van der Waals surface area contributed by atoms with E-state index in [1.54, 1.807) is 13.0 Å². The number of rotatable bonds is 3. The second-order valence-corrected chi connectivity index (χ2v) is 5.07. The van der Waals surface area contributed by atoms with Crippen LogP contribution in [0, 0.1) is 6.92 Å². The van der Waals surface area contributed by atoms with Crippen molar-refractivity contribution < 1.29 is 19.1 Å². The number of hydrogen-bond acceptors (Lipinski definition) is 3. The van der Waals surface area contributed by atoms with Crippen LogP contribution in [0.4, 0.5) is 0 Å². The highest BCUT2D eigenvalue weighted by molar-refractivity contribution is 9.10. The minimum atomic E-state index is -1.29. The zero-order valence-corrected chi connectivity index (χ0v) is 11.7. The van der Waals surface area contributed by atoms with Crippen molar-refractivity contribution in [3.05, 3.63) is 22.1 Å². The van der Waals surface area contributed by atoms with Gasteiger partial charge in [-0.1, -0.05) is 0 Å². The molecule has 0 aliphatic heterocycles. The van der Waals surface area contributed by atoms with Gasteiger partial charge in [-0.3, -0.25) is 4.79 Å². The van der Waals surface area contributed by atoms with Gasteiger partial charge in [0.05, 0.1) is 0 Å². The molecule has 0 unspecified atom stereocenters. The molecular weight excluding hydrogens is 290 g/mol. The minimum absolute atomic E-state index is 0.147. The molecule has 94 valence electrons. The highest BCUT2D eigenvalue weighted by atomic mass is 79.9. The molecule has 1 heterocycles. The van der Waals surface area contributed by atoms with Crippen LogP contribution >= 0.6 is 15.9 Å². The summed E-state index contributed by atoms with van der Waals surface area (Å²) in [7, 11) is 1.44. The molecule has 1 aromatic heterocycles. The highest BCUT2D eigenvalue weighted by Gasteiger charge is 2.37. The van der Waals surface area contributed by atoms with Gasteiger partial charge in [0.1, 0.15) is 5.54 Å². The van der Waals surface area contributed by atoms with Crippen molar-refractivity contribution in [2.45, 2.75) is 26.3 Å². The third kappa shape index (κ3) is 2.52. The first-order chi connectivity index (χ1) is 7.67. The average Bonchev–Trinajstić information content (AvgIpc) is 2.55. The Labute approximate surface area is 108 Å². The molecule has 0 saturated heterocycles. The molecule has 0 aliphatic rings. The highest BCUT2D eigenvalue weighted by Crippen LogP contribution is 2.23. The van der Waals surface area contributed by atoms with Crippen LogP contribution in [-0.4, -0.2) is 34.5 Å². The summed E-state index contributed by atoms with van der Waals surface area (Å²) in [6.45, 7) is 4.64. The molecule has 0 aromatic carbocycles. The van der Waals surface area contributed by atoms with Gasteiger partial charge in [-0.25, -0.2) is 4.79 Å². The smallest absolute Gasteiger partial charge is 0.329 e. The molecular formula is C11H14BrNO4. The van der Waals surface area contributed by atoms with E-state index < -0.39 is 17.4 Å². The van der Waals surface area contributed by atoms with E-state index in [9.17, 15) is 9.59 Å². The summed E-state index contributed by atoms with van der Waals surface area (Å²) in [6.07, 6.45) is 0. The van der Waals surface area contributed by atoms with Crippen LogP contribution in [0.15, 0.2) is 15.2 Å². The number of furan rings is 1. The third-order valence-electron chi connectivity index (χ3n) is 2.75. The van der Waals surface area contributed by atoms with Crippen LogP contribution in [0.5, 0.6) is 0 Å². The number of carbonyl (C=O) groups excluding carboxylic acids is 1. The minimum Gasteiger partial charge on any atom is -0.480 e. The van der Waals surface area contributed by atoms with Crippen molar-refractivity contribution in [1.82, 2.24) is 4.90 Å². The topological polar surface area (TPSA) is 70.8 Å². The van der Waals surface area contributed by atoms with E-state index in [0.717, 1.165) is 4.90 Å². The zero-order chi connectivity index (χ0) is 13.4. The Balaban J connectivity index is 3.06. The number of carbonyl (C=O) groups is 2. The molecule has 17 heavy (non-hydrogen) atoms. The van der Waals surface area contributed by atoms with Crippen LogP contribution in [0.1, 0.15) is 30.0 Å². The van der Waals surface area contributed by atoms with Gasteiger partial charge in [-0.15, -0.1) is 0 Å². The SMILES string of the molecule is Cc1cc(Br)oc1C(=O)N(C)C(C)(C)C(=O)O. The molecule has 1 rings (SSSR count). The summed E-state index contributed by atoms with van der Waals surface area (Å²) in [4.78, 5) is 24.3. The van der Waals surface area contributed by atoms with Crippen LogP contribution in [-0.2, 0) is 4.79 Å². The van der Waals surface area contributed by atoms with Crippen molar-refractivity contribution in [2.24, 2.45) is 0 Å². The second kappa shape index (κ2) is 4.52. The first kappa shape index (κ1) is 13.8. The first-order valence-corrected chi connectivity index (χ1v) is 5.74. The Morgan fingerprint density at radius 2 is 2.00 bits per heavy atom. The lowest BCUT2D eigenvalue weighted by Crippen LogP contribution is -2.50. The maximum Gasteiger partial charge on any atom is 0.329 e. The normalized spacial score (nSPS) is 11.4. The zero-order valence-electron chi connectivity index (χ0n) is 10.1. The maximum atomic E-state index is 12.1. The standard InChI is InChI=1S/C11H14BrNO4/c1-6-5-7(12)17-8(6)9(14)13(4)11(2,3)10(15)16/h5H,1-4H3,(H,15,16). The van der Waals surface area contributed by atoms with E-state index in [1.807, 2.05) is 0 Å². The second-order valence-electron chi connectivity index (χ2n) is 4.29. The van der Waals surface area contributed by atoms with E-state index in [0.29, 0.717) is 10.2 Å². The number of nitrogens with zero attached hydrogens (tertiary/aromatic N) is 1. The molecule has 1 N–H and O–H groups in total. The summed E-state index contributed by atoms with van der Waals surface area (Å²) in [5, 5.41) is 9.05. The molecule has 0 fully saturated rings. The molecule has 6 heteroatoms. The number of likely N-dealkylation sites (N-methyl/N-ethyl adjacent to an activating group) is 1. The predicted octanol–water partition coefficient (Wildman–Crippen LogP) is 2.29. The van der Waals surface area contributed by atoms with Gasteiger partial charge < -0.3 is 14.4 Å². The number of carboxylic acids is 1. The van der Waals surface area contributed by atoms with Gasteiger partial charge in [0.2, 0.25) is 0 Å². The van der Waals surface area contributed by atoms with Crippen molar-refractivity contribution in [3.63, 3.8) is 0 Å².